The average Bonchev–Trinajstić information content (AvgIpc) is 2.95. The Labute approximate surface area is 152 Å². The van der Waals surface area contributed by atoms with Crippen LogP contribution in [0, 0.1) is 0 Å². The molecule has 0 bridgehead atoms. The number of thioether (sulfide) groups is 1. The molecular weight excluding hydrogens is 334 g/mol. The number of carbonyl (C=O) groups excluding carboxylic acids is 1. The first-order valence-corrected chi connectivity index (χ1v) is 9.85. The SMILES string of the molecule is CCOc1cc2c(cc1NC(=O)c1ccc(CSC)cc1)O[C@H](C)C2. The van der Waals surface area contributed by atoms with Crippen LogP contribution in [0.15, 0.2) is 36.4 Å². The van der Waals surface area contributed by atoms with Crippen LogP contribution in [-0.4, -0.2) is 24.9 Å². The number of nitrogens with one attached hydrogen (secondary N) is 1. The molecule has 25 heavy (non-hydrogen) atoms. The Morgan fingerprint density at radius 3 is 2.76 bits per heavy atom. The fourth-order valence-electron chi connectivity index (χ4n) is 2.93. The van der Waals surface area contributed by atoms with Crippen LogP contribution in [0.4, 0.5) is 5.69 Å². The third kappa shape index (κ3) is 4.10. The van der Waals surface area contributed by atoms with Gasteiger partial charge < -0.3 is 14.8 Å². The van der Waals surface area contributed by atoms with Crippen molar-refractivity contribution >= 4 is 23.4 Å². The summed E-state index contributed by atoms with van der Waals surface area (Å²) >= 11 is 1.76. The van der Waals surface area contributed by atoms with Gasteiger partial charge in [-0.05, 0) is 43.9 Å². The topological polar surface area (TPSA) is 47.6 Å². The normalized spacial score (nSPS) is 15.4. The first kappa shape index (κ1) is 17.7. The van der Waals surface area contributed by atoms with Gasteiger partial charge in [-0.15, -0.1) is 0 Å². The van der Waals surface area contributed by atoms with Crippen molar-refractivity contribution in [2.75, 3.05) is 18.2 Å². The van der Waals surface area contributed by atoms with Gasteiger partial charge in [-0.1, -0.05) is 12.1 Å². The second kappa shape index (κ2) is 7.83. The monoisotopic (exact) mass is 357 g/mol. The summed E-state index contributed by atoms with van der Waals surface area (Å²) in [5, 5.41) is 2.96. The summed E-state index contributed by atoms with van der Waals surface area (Å²) in [6.45, 7) is 4.51. The van der Waals surface area contributed by atoms with Gasteiger partial charge in [0.05, 0.1) is 12.3 Å². The summed E-state index contributed by atoms with van der Waals surface area (Å²) < 4.78 is 11.5. The molecule has 0 saturated heterocycles. The van der Waals surface area contributed by atoms with Crippen molar-refractivity contribution in [3.63, 3.8) is 0 Å². The summed E-state index contributed by atoms with van der Waals surface area (Å²) in [7, 11) is 0. The number of amides is 1. The van der Waals surface area contributed by atoms with E-state index in [1.807, 2.05) is 50.2 Å². The lowest BCUT2D eigenvalue weighted by atomic mass is 10.1. The predicted molar refractivity (Wildman–Crippen MR) is 103 cm³/mol. The van der Waals surface area contributed by atoms with E-state index in [1.54, 1.807) is 11.8 Å². The standard InChI is InChI=1S/C20H23NO3S/c1-4-23-19-10-16-9-13(2)24-18(16)11-17(19)21-20(22)15-7-5-14(6-8-15)12-25-3/h5-8,10-11,13H,4,9,12H2,1-3H3,(H,21,22)/t13-/m1/s1. The predicted octanol–water partition coefficient (Wildman–Crippen LogP) is 4.52. The van der Waals surface area contributed by atoms with Gasteiger partial charge in [0.2, 0.25) is 0 Å². The van der Waals surface area contributed by atoms with E-state index in [0.717, 1.165) is 23.5 Å². The fraction of sp³-hybridized carbons (Fsp3) is 0.350. The maximum Gasteiger partial charge on any atom is 0.255 e. The minimum Gasteiger partial charge on any atom is -0.492 e. The molecule has 2 aromatic carbocycles. The van der Waals surface area contributed by atoms with Gasteiger partial charge in [0.1, 0.15) is 17.6 Å². The molecular formula is C20H23NO3S. The highest BCUT2D eigenvalue weighted by Gasteiger charge is 2.22. The lowest BCUT2D eigenvalue weighted by Crippen LogP contribution is -2.13. The van der Waals surface area contributed by atoms with Gasteiger partial charge >= 0.3 is 0 Å². The van der Waals surface area contributed by atoms with Gasteiger partial charge in [-0.2, -0.15) is 11.8 Å². The van der Waals surface area contributed by atoms with E-state index in [0.29, 0.717) is 23.6 Å². The van der Waals surface area contributed by atoms with Crippen molar-refractivity contribution in [2.24, 2.45) is 0 Å². The largest absolute Gasteiger partial charge is 0.492 e. The molecule has 1 aliphatic heterocycles. The Morgan fingerprint density at radius 1 is 1.32 bits per heavy atom. The highest BCUT2D eigenvalue weighted by atomic mass is 32.2. The van der Waals surface area contributed by atoms with Gasteiger partial charge in [-0.3, -0.25) is 4.79 Å². The summed E-state index contributed by atoms with van der Waals surface area (Å²) in [5.74, 6) is 2.30. The second-order valence-corrected chi connectivity index (χ2v) is 6.97. The fourth-order valence-corrected chi connectivity index (χ4v) is 3.45. The number of ether oxygens (including phenoxy) is 2. The summed E-state index contributed by atoms with van der Waals surface area (Å²) in [4.78, 5) is 12.6. The van der Waals surface area contributed by atoms with E-state index in [-0.39, 0.29) is 12.0 Å². The molecule has 0 spiro atoms. The molecule has 1 N–H and O–H groups in total. The number of rotatable bonds is 6. The lowest BCUT2D eigenvalue weighted by Gasteiger charge is -2.14. The summed E-state index contributed by atoms with van der Waals surface area (Å²) in [5.41, 5.74) is 3.60. The van der Waals surface area contributed by atoms with Crippen molar-refractivity contribution in [3.05, 3.63) is 53.1 Å². The molecule has 1 heterocycles. The quantitative estimate of drug-likeness (QED) is 0.825. The molecule has 1 aliphatic rings. The Hall–Kier alpha value is -2.14. The lowest BCUT2D eigenvalue weighted by molar-refractivity contribution is 0.102. The van der Waals surface area contributed by atoms with Crippen molar-refractivity contribution in [2.45, 2.75) is 32.1 Å². The Balaban J connectivity index is 1.81. The zero-order valence-electron chi connectivity index (χ0n) is 14.8. The van der Waals surface area contributed by atoms with Gasteiger partial charge in [0.25, 0.3) is 5.91 Å². The van der Waals surface area contributed by atoms with Gasteiger partial charge in [0.15, 0.2) is 0 Å². The molecule has 0 saturated carbocycles. The minimum absolute atomic E-state index is 0.150. The van der Waals surface area contributed by atoms with Gasteiger partial charge in [0, 0.05) is 29.4 Å². The maximum atomic E-state index is 12.6. The molecule has 0 aliphatic carbocycles. The van der Waals surface area contributed by atoms with Crippen molar-refractivity contribution in [1.82, 2.24) is 0 Å². The molecule has 5 heteroatoms. The van der Waals surface area contributed by atoms with Crippen LogP contribution < -0.4 is 14.8 Å². The molecule has 1 atom stereocenters. The number of hydrogen-bond acceptors (Lipinski definition) is 4. The molecule has 0 aromatic heterocycles. The Morgan fingerprint density at radius 2 is 2.08 bits per heavy atom. The van der Waals surface area contributed by atoms with Crippen molar-refractivity contribution in [1.29, 1.82) is 0 Å². The molecule has 3 rings (SSSR count). The minimum atomic E-state index is -0.150. The number of fused-ring (bicyclic) bond motifs is 1. The first-order chi connectivity index (χ1) is 12.1. The van der Waals surface area contributed by atoms with Crippen LogP contribution in [0.25, 0.3) is 0 Å². The number of benzene rings is 2. The third-order valence-corrected chi connectivity index (χ3v) is 4.70. The van der Waals surface area contributed by atoms with Crippen LogP contribution in [-0.2, 0) is 12.2 Å². The highest BCUT2D eigenvalue weighted by Crippen LogP contribution is 2.38. The van der Waals surface area contributed by atoms with Gasteiger partial charge in [-0.25, -0.2) is 0 Å². The van der Waals surface area contributed by atoms with E-state index in [9.17, 15) is 4.79 Å². The molecule has 2 aromatic rings. The Bertz CT molecular complexity index is 758. The zero-order chi connectivity index (χ0) is 17.8. The van der Waals surface area contributed by atoms with Crippen LogP contribution in [0.3, 0.4) is 0 Å². The summed E-state index contributed by atoms with van der Waals surface area (Å²) in [6, 6.07) is 11.5. The summed E-state index contributed by atoms with van der Waals surface area (Å²) in [6.07, 6.45) is 3.08. The third-order valence-electron chi connectivity index (χ3n) is 4.07. The van der Waals surface area contributed by atoms with E-state index in [4.69, 9.17) is 9.47 Å². The number of hydrogen-bond donors (Lipinski definition) is 1. The van der Waals surface area contributed by atoms with E-state index in [2.05, 4.69) is 11.6 Å². The van der Waals surface area contributed by atoms with E-state index < -0.39 is 0 Å². The number of anilines is 1. The molecule has 0 unspecified atom stereocenters. The van der Waals surface area contributed by atoms with Crippen LogP contribution in [0.5, 0.6) is 11.5 Å². The van der Waals surface area contributed by atoms with E-state index in [1.165, 1.54) is 5.56 Å². The molecule has 0 radical (unpaired) electrons. The second-order valence-electron chi connectivity index (χ2n) is 6.11. The van der Waals surface area contributed by atoms with E-state index >= 15 is 0 Å². The van der Waals surface area contributed by atoms with Crippen molar-refractivity contribution in [3.8, 4) is 11.5 Å². The molecule has 1 amide bonds. The maximum absolute atomic E-state index is 12.6. The number of carbonyl (C=O) groups is 1. The Kier molecular flexibility index (Phi) is 5.53. The zero-order valence-corrected chi connectivity index (χ0v) is 15.6. The highest BCUT2D eigenvalue weighted by molar-refractivity contribution is 7.97. The van der Waals surface area contributed by atoms with Crippen molar-refractivity contribution < 1.29 is 14.3 Å². The van der Waals surface area contributed by atoms with Crippen LogP contribution in [0.2, 0.25) is 0 Å². The smallest absolute Gasteiger partial charge is 0.255 e. The molecule has 4 nitrogen and oxygen atoms in total. The van der Waals surface area contributed by atoms with Crippen LogP contribution >= 0.6 is 11.8 Å². The average molecular weight is 357 g/mol. The van der Waals surface area contributed by atoms with Crippen LogP contribution in [0.1, 0.15) is 35.3 Å². The molecule has 132 valence electrons. The first-order valence-electron chi connectivity index (χ1n) is 8.46. The molecule has 0 fully saturated rings.